The molecule has 0 radical (unpaired) electrons. The number of nitrogens with one attached hydrogen (secondary N) is 4. The molecule has 238 valence electrons. The summed E-state index contributed by atoms with van der Waals surface area (Å²) in [5, 5.41) is 28.6. The van der Waals surface area contributed by atoms with E-state index in [-0.39, 0.29) is 24.5 Å². The van der Waals surface area contributed by atoms with Gasteiger partial charge in [-0.15, -0.1) is 0 Å². The molecule has 1 heterocycles. The normalized spacial score (nSPS) is 14.6. The second-order valence-electron chi connectivity index (χ2n) is 11.2. The van der Waals surface area contributed by atoms with E-state index < -0.39 is 47.9 Å². The number of aromatic amines is 1. The van der Waals surface area contributed by atoms with Gasteiger partial charge in [-0.1, -0.05) is 57.0 Å². The van der Waals surface area contributed by atoms with Gasteiger partial charge in [-0.3, -0.25) is 14.4 Å². The number of phenolic OH excluding ortho intramolecular Hbond substituents is 1. The number of carbonyl (C=O) groups excluding carboxylic acids is 3. The lowest BCUT2D eigenvalue weighted by Gasteiger charge is -2.28. The minimum atomic E-state index is -1.28. The zero-order valence-corrected chi connectivity index (χ0v) is 25.2. The monoisotopic (exact) mass is 608 g/mol. The SMILES string of the molecule is CCC(C)C(NC(=O)C(N)CCCCN)C(=O)NC(Cc1ccc(O)cc1)C(=O)NC(Cc1c[nH]c2ccccc12)C(=O)O. The third kappa shape index (κ3) is 9.55. The first-order valence-corrected chi connectivity index (χ1v) is 15.0. The zero-order chi connectivity index (χ0) is 32.2. The van der Waals surface area contributed by atoms with Crippen molar-refractivity contribution in [3.63, 3.8) is 0 Å². The molecule has 12 heteroatoms. The lowest BCUT2D eigenvalue weighted by molar-refractivity contribution is -0.142. The molecule has 0 saturated heterocycles. The van der Waals surface area contributed by atoms with E-state index >= 15 is 0 Å². The molecular weight excluding hydrogens is 564 g/mol. The van der Waals surface area contributed by atoms with Crippen molar-refractivity contribution in [3.8, 4) is 5.75 Å². The first kappa shape index (κ1) is 34.1. The van der Waals surface area contributed by atoms with E-state index in [0.29, 0.717) is 31.4 Å². The number of aromatic hydroxyl groups is 1. The molecule has 0 bridgehead atoms. The molecule has 10 N–H and O–H groups in total. The van der Waals surface area contributed by atoms with E-state index in [2.05, 4.69) is 20.9 Å². The van der Waals surface area contributed by atoms with Gasteiger partial charge in [0.1, 0.15) is 23.9 Å². The maximum Gasteiger partial charge on any atom is 0.326 e. The molecule has 3 rings (SSSR count). The van der Waals surface area contributed by atoms with Gasteiger partial charge in [0.05, 0.1) is 6.04 Å². The number of carboxylic acids is 1. The molecule has 3 aromatic rings. The van der Waals surface area contributed by atoms with Crippen LogP contribution < -0.4 is 27.4 Å². The molecule has 1 aromatic heterocycles. The number of benzene rings is 2. The van der Waals surface area contributed by atoms with Gasteiger partial charge in [0.2, 0.25) is 17.7 Å². The van der Waals surface area contributed by atoms with Crippen LogP contribution in [0.25, 0.3) is 10.9 Å². The maximum atomic E-state index is 13.6. The second-order valence-corrected chi connectivity index (χ2v) is 11.2. The number of nitrogens with two attached hydrogens (primary N) is 2. The molecule has 0 fully saturated rings. The van der Waals surface area contributed by atoms with E-state index in [1.54, 1.807) is 25.3 Å². The van der Waals surface area contributed by atoms with E-state index in [1.165, 1.54) is 12.1 Å². The molecule has 2 aromatic carbocycles. The Labute approximate surface area is 257 Å². The summed E-state index contributed by atoms with van der Waals surface area (Å²) >= 11 is 0. The average molecular weight is 609 g/mol. The molecule has 0 saturated carbocycles. The van der Waals surface area contributed by atoms with Crippen LogP contribution in [0.1, 0.15) is 50.7 Å². The number of fused-ring (bicyclic) bond motifs is 1. The Morgan fingerprint density at radius 2 is 1.57 bits per heavy atom. The Morgan fingerprint density at radius 3 is 2.23 bits per heavy atom. The summed E-state index contributed by atoms with van der Waals surface area (Å²) < 4.78 is 0. The van der Waals surface area contributed by atoms with Crippen molar-refractivity contribution in [2.24, 2.45) is 17.4 Å². The fourth-order valence-electron chi connectivity index (χ4n) is 4.93. The Balaban J connectivity index is 1.81. The first-order chi connectivity index (χ1) is 21.0. The van der Waals surface area contributed by atoms with Crippen molar-refractivity contribution in [2.45, 2.75) is 76.5 Å². The van der Waals surface area contributed by atoms with Crippen LogP contribution in [0.3, 0.4) is 0 Å². The second kappa shape index (κ2) is 16.4. The number of carboxylic acid groups (broad SMARTS) is 1. The molecule has 0 aliphatic heterocycles. The van der Waals surface area contributed by atoms with Gasteiger partial charge < -0.3 is 42.6 Å². The third-order valence-electron chi connectivity index (χ3n) is 7.82. The summed E-state index contributed by atoms with van der Waals surface area (Å²) in [5.41, 5.74) is 13.8. The Bertz CT molecular complexity index is 1410. The summed E-state index contributed by atoms with van der Waals surface area (Å²) in [6.45, 7) is 4.17. The van der Waals surface area contributed by atoms with Gasteiger partial charge in [0.15, 0.2) is 0 Å². The zero-order valence-electron chi connectivity index (χ0n) is 25.2. The summed E-state index contributed by atoms with van der Waals surface area (Å²) in [6, 6.07) is 9.30. The predicted molar refractivity (Wildman–Crippen MR) is 168 cm³/mol. The van der Waals surface area contributed by atoms with Gasteiger partial charge in [-0.05, 0) is 54.6 Å². The molecule has 5 atom stereocenters. The Hall–Kier alpha value is -4.42. The number of amides is 3. The quantitative estimate of drug-likeness (QED) is 0.105. The number of unbranched alkanes of at least 4 members (excludes halogenated alkanes) is 1. The third-order valence-corrected chi connectivity index (χ3v) is 7.82. The Morgan fingerprint density at radius 1 is 0.886 bits per heavy atom. The van der Waals surface area contributed by atoms with E-state index in [0.717, 1.165) is 22.9 Å². The fraction of sp³-hybridized carbons (Fsp3) is 0.438. The molecule has 12 nitrogen and oxygen atoms in total. The minimum Gasteiger partial charge on any atom is -0.508 e. The summed E-state index contributed by atoms with van der Waals surface area (Å²) in [7, 11) is 0. The van der Waals surface area contributed by atoms with Crippen LogP contribution in [0.2, 0.25) is 0 Å². The number of aromatic nitrogens is 1. The molecule has 0 aliphatic carbocycles. The summed E-state index contributed by atoms with van der Waals surface area (Å²) in [5.74, 6) is -3.26. The largest absolute Gasteiger partial charge is 0.508 e. The number of hydrogen-bond acceptors (Lipinski definition) is 7. The molecule has 44 heavy (non-hydrogen) atoms. The first-order valence-electron chi connectivity index (χ1n) is 15.0. The highest BCUT2D eigenvalue weighted by Crippen LogP contribution is 2.20. The van der Waals surface area contributed by atoms with Crippen molar-refractivity contribution in [3.05, 3.63) is 65.9 Å². The molecular formula is C32H44N6O6. The van der Waals surface area contributed by atoms with Crippen LogP contribution in [-0.4, -0.2) is 69.6 Å². The lowest BCUT2D eigenvalue weighted by atomic mass is 9.96. The van der Waals surface area contributed by atoms with E-state index in [1.807, 2.05) is 31.2 Å². The van der Waals surface area contributed by atoms with E-state index in [9.17, 15) is 29.4 Å². The van der Waals surface area contributed by atoms with Crippen molar-refractivity contribution >= 4 is 34.6 Å². The highest BCUT2D eigenvalue weighted by Gasteiger charge is 2.33. The number of carbonyl (C=O) groups is 4. The van der Waals surface area contributed by atoms with Crippen LogP contribution in [0.5, 0.6) is 5.75 Å². The predicted octanol–water partition coefficient (Wildman–Crippen LogP) is 1.70. The highest BCUT2D eigenvalue weighted by atomic mass is 16.4. The molecule has 0 spiro atoms. The minimum absolute atomic E-state index is 0.0110. The van der Waals surface area contributed by atoms with Crippen molar-refractivity contribution in [1.29, 1.82) is 0 Å². The van der Waals surface area contributed by atoms with Crippen LogP contribution in [0.4, 0.5) is 0 Å². The van der Waals surface area contributed by atoms with Crippen LogP contribution in [-0.2, 0) is 32.0 Å². The molecule has 3 amide bonds. The van der Waals surface area contributed by atoms with Gasteiger partial charge in [-0.2, -0.15) is 0 Å². The average Bonchev–Trinajstić information content (AvgIpc) is 3.42. The summed E-state index contributed by atoms with van der Waals surface area (Å²) in [4.78, 5) is 55.5. The number of phenols is 1. The van der Waals surface area contributed by atoms with Gasteiger partial charge in [0.25, 0.3) is 0 Å². The topological polar surface area (TPSA) is 213 Å². The lowest BCUT2D eigenvalue weighted by Crippen LogP contribution is -2.59. The van der Waals surface area contributed by atoms with Gasteiger partial charge in [0, 0.05) is 29.9 Å². The van der Waals surface area contributed by atoms with Crippen molar-refractivity contribution < 1.29 is 29.4 Å². The van der Waals surface area contributed by atoms with Gasteiger partial charge in [-0.25, -0.2) is 4.79 Å². The van der Waals surface area contributed by atoms with Crippen molar-refractivity contribution in [1.82, 2.24) is 20.9 Å². The number of hydrogen-bond donors (Lipinski definition) is 8. The van der Waals surface area contributed by atoms with Crippen LogP contribution >= 0.6 is 0 Å². The van der Waals surface area contributed by atoms with Crippen molar-refractivity contribution in [2.75, 3.05) is 6.54 Å². The highest BCUT2D eigenvalue weighted by molar-refractivity contribution is 5.94. The summed E-state index contributed by atoms with van der Waals surface area (Å²) in [6.07, 6.45) is 4.10. The Kier molecular flexibility index (Phi) is 12.7. The number of aliphatic carboxylic acids is 1. The van der Waals surface area contributed by atoms with Crippen LogP contribution in [0.15, 0.2) is 54.7 Å². The molecule has 5 unspecified atom stereocenters. The van der Waals surface area contributed by atoms with Crippen LogP contribution in [0, 0.1) is 5.92 Å². The number of para-hydroxylation sites is 1. The van der Waals surface area contributed by atoms with Gasteiger partial charge >= 0.3 is 5.97 Å². The number of H-pyrrole nitrogens is 1. The molecule has 0 aliphatic rings. The smallest absolute Gasteiger partial charge is 0.326 e. The maximum absolute atomic E-state index is 13.6. The number of rotatable bonds is 17. The standard InChI is InChI=1S/C32H44N6O6/c1-3-19(2)28(38-29(40)24(34)9-6-7-15-33)31(42)36-26(16-20-11-13-22(39)14-12-20)30(41)37-27(32(43)44)17-21-18-35-25-10-5-4-8-23(21)25/h4-5,8,10-14,18-19,24,26-28,35,39H,3,6-7,9,15-17,33-34H2,1-2H3,(H,36,42)(H,37,41)(H,38,40)(H,43,44). The fourth-order valence-corrected chi connectivity index (χ4v) is 4.93. The van der Waals surface area contributed by atoms with E-state index in [4.69, 9.17) is 11.5 Å².